The molecule has 1 aromatic heterocycles. The maximum atomic E-state index is 12.9. The molecule has 1 heterocycles. The third-order valence-electron chi connectivity index (χ3n) is 1.74. The van der Waals surface area contributed by atoms with Crippen LogP contribution in [0, 0.1) is 5.82 Å². The van der Waals surface area contributed by atoms with Crippen LogP contribution >= 0.6 is 27.5 Å². The van der Waals surface area contributed by atoms with Crippen molar-refractivity contribution in [1.82, 2.24) is 9.97 Å². The highest BCUT2D eigenvalue weighted by molar-refractivity contribution is 9.10. The van der Waals surface area contributed by atoms with Crippen LogP contribution in [0.25, 0.3) is 0 Å². The zero-order valence-corrected chi connectivity index (χ0v) is 10.2. The fourth-order valence-corrected chi connectivity index (χ4v) is 1.50. The van der Waals surface area contributed by atoms with Gasteiger partial charge in [-0.15, -0.1) is 0 Å². The summed E-state index contributed by atoms with van der Waals surface area (Å²) in [7, 11) is 0. The molecule has 0 aliphatic heterocycles. The zero-order chi connectivity index (χ0) is 11.5. The van der Waals surface area contributed by atoms with E-state index in [1.807, 2.05) is 0 Å². The molecule has 2 aromatic rings. The summed E-state index contributed by atoms with van der Waals surface area (Å²) < 4.78 is 18.9. The number of hydrogen-bond acceptors (Lipinski definition) is 3. The predicted octanol–water partition coefficient (Wildman–Crippen LogP) is 3.82. The van der Waals surface area contributed by atoms with Crippen molar-refractivity contribution in [3.63, 3.8) is 0 Å². The average molecular weight is 304 g/mol. The van der Waals surface area contributed by atoms with Crippen molar-refractivity contribution < 1.29 is 9.13 Å². The third-order valence-corrected chi connectivity index (χ3v) is 2.57. The molecule has 1 aromatic carbocycles. The minimum atomic E-state index is -0.490. The van der Waals surface area contributed by atoms with Gasteiger partial charge in [0.05, 0.1) is 9.50 Å². The molecule has 3 nitrogen and oxygen atoms in total. The Bertz CT molecular complexity index is 524. The van der Waals surface area contributed by atoms with E-state index in [-0.39, 0.29) is 5.02 Å². The van der Waals surface area contributed by atoms with E-state index < -0.39 is 5.82 Å². The maximum Gasteiger partial charge on any atom is 0.236 e. The Morgan fingerprint density at radius 3 is 2.88 bits per heavy atom. The normalized spacial score (nSPS) is 10.2. The first kappa shape index (κ1) is 11.3. The van der Waals surface area contributed by atoms with Crippen LogP contribution in [-0.2, 0) is 0 Å². The highest BCUT2D eigenvalue weighted by Crippen LogP contribution is 2.28. The average Bonchev–Trinajstić information content (AvgIpc) is 2.27. The van der Waals surface area contributed by atoms with E-state index in [0.717, 1.165) is 0 Å². The first-order valence-corrected chi connectivity index (χ1v) is 5.42. The minimum Gasteiger partial charge on any atom is -0.438 e. The van der Waals surface area contributed by atoms with E-state index in [1.54, 1.807) is 6.20 Å². The van der Waals surface area contributed by atoms with Gasteiger partial charge in [-0.1, -0.05) is 11.6 Å². The van der Waals surface area contributed by atoms with Gasteiger partial charge >= 0.3 is 0 Å². The minimum absolute atomic E-state index is 0.00248. The number of aromatic nitrogens is 2. The fourth-order valence-electron chi connectivity index (χ4n) is 1.03. The lowest BCUT2D eigenvalue weighted by atomic mass is 10.3. The second-order valence-electron chi connectivity index (χ2n) is 2.85. The topological polar surface area (TPSA) is 35.0 Å². The van der Waals surface area contributed by atoms with Crippen LogP contribution < -0.4 is 4.74 Å². The van der Waals surface area contributed by atoms with Crippen molar-refractivity contribution in [3.05, 3.63) is 46.0 Å². The Labute approximate surface area is 104 Å². The molecule has 6 heteroatoms. The van der Waals surface area contributed by atoms with E-state index in [4.69, 9.17) is 16.3 Å². The Morgan fingerprint density at radius 2 is 2.19 bits per heavy atom. The molecule has 2 rings (SSSR count). The number of halogens is 3. The molecule has 0 spiro atoms. The van der Waals surface area contributed by atoms with Gasteiger partial charge in [0.2, 0.25) is 5.88 Å². The summed E-state index contributed by atoms with van der Waals surface area (Å²) in [6, 6.07) is 4.08. The van der Waals surface area contributed by atoms with E-state index in [1.165, 1.54) is 24.5 Å². The molecule has 0 saturated carbocycles. The van der Waals surface area contributed by atoms with Gasteiger partial charge in [0, 0.05) is 12.3 Å². The van der Waals surface area contributed by atoms with Crippen LogP contribution in [0.3, 0.4) is 0 Å². The number of benzene rings is 1. The fraction of sp³-hybridized carbons (Fsp3) is 0. The van der Waals surface area contributed by atoms with Gasteiger partial charge in [-0.05, 0) is 28.1 Å². The van der Waals surface area contributed by atoms with Gasteiger partial charge in [-0.25, -0.2) is 14.4 Å². The van der Waals surface area contributed by atoms with Gasteiger partial charge < -0.3 is 4.74 Å². The van der Waals surface area contributed by atoms with Crippen LogP contribution in [0.15, 0.2) is 35.2 Å². The molecule has 0 atom stereocenters. The monoisotopic (exact) mass is 302 g/mol. The molecule has 0 amide bonds. The summed E-state index contributed by atoms with van der Waals surface area (Å²) in [6.07, 6.45) is 2.90. The van der Waals surface area contributed by atoms with Crippen LogP contribution in [0.2, 0.25) is 5.02 Å². The summed E-state index contributed by atoms with van der Waals surface area (Å²) in [5, 5.41) is 0.00248. The Hall–Kier alpha value is -1.20. The highest BCUT2D eigenvalue weighted by atomic mass is 79.9. The molecule has 16 heavy (non-hydrogen) atoms. The van der Waals surface area contributed by atoms with Crippen LogP contribution in [0.1, 0.15) is 0 Å². The van der Waals surface area contributed by atoms with Crippen molar-refractivity contribution in [2.45, 2.75) is 0 Å². The Kier molecular flexibility index (Phi) is 3.36. The van der Waals surface area contributed by atoms with Crippen molar-refractivity contribution in [1.29, 1.82) is 0 Å². The van der Waals surface area contributed by atoms with Gasteiger partial charge in [-0.3, -0.25) is 0 Å². The molecule has 0 N–H and O–H groups in total. The molecule has 0 aliphatic rings. The molecule has 0 bridgehead atoms. The molecule has 0 radical (unpaired) electrons. The quantitative estimate of drug-likeness (QED) is 0.846. The van der Waals surface area contributed by atoms with Crippen molar-refractivity contribution in [2.75, 3.05) is 0 Å². The number of hydrogen-bond donors (Lipinski definition) is 0. The third kappa shape index (κ3) is 2.48. The van der Waals surface area contributed by atoms with Crippen molar-refractivity contribution in [2.24, 2.45) is 0 Å². The van der Waals surface area contributed by atoms with Crippen LogP contribution in [-0.4, -0.2) is 9.97 Å². The lowest BCUT2D eigenvalue weighted by Gasteiger charge is -2.06. The Morgan fingerprint density at radius 1 is 1.38 bits per heavy atom. The summed E-state index contributed by atoms with van der Waals surface area (Å²) in [6.45, 7) is 0. The molecular weight excluding hydrogens is 298 g/mol. The lowest BCUT2D eigenvalue weighted by Crippen LogP contribution is -1.90. The van der Waals surface area contributed by atoms with E-state index in [0.29, 0.717) is 16.1 Å². The van der Waals surface area contributed by atoms with Crippen molar-refractivity contribution in [3.8, 4) is 11.6 Å². The van der Waals surface area contributed by atoms with Gasteiger partial charge in [-0.2, -0.15) is 0 Å². The summed E-state index contributed by atoms with van der Waals surface area (Å²) in [4.78, 5) is 7.70. The highest BCUT2D eigenvalue weighted by Gasteiger charge is 2.06. The standard InChI is InChI=1S/C10H5BrClFN2O/c11-7-4-14-5-15-10(7)16-6-1-2-9(13)8(12)3-6/h1-5H. The second kappa shape index (κ2) is 4.76. The van der Waals surface area contributed by atoms with Gasteiger partial charge in [0.25, 0.3) is 0 Å². The maximum absolute atomic E-state index is 12.9. The van der Waals surface area contributed by atoms with Gasteiger partial charge in [0.15, 0.2) is 0 Å². The largest absolute Gasteiger partial charge is 0.438 e. The first-order valence-electron chi connectivity index (χ1n) is 4.25. The predicted molar refractivity (Wildman–Crippen MR) is 61.2 cm³/mol. The summed E-state index contributed by atoms with van der Waals surface area (Å²) >= 11 is 8.85. The lowest BCUT2D eigenvalue weighted by molar-refractivity contribution is 0.456. The molecular formula is C10H5BrClFN2O. The molecule has 0 aliphatic carbocycles. The van der Waals surface area contributed by atoms with Crippen LogP contribution in [0.5, 0.6) is 11.6 Å². The molecule has 0 unspecified atom stereocenters. The molecule has 0 saturated heterocycles. The Balaban J connectivity index is 2.28. The second-order valence-corrected chi connectivity index (χ2v) is 4.12. The first-order chi connectivity index (χ1) is 7.66. The number of rotatable bonds is 2. The molecule has 0 fully saturated rings. The van der Waals surface area contributed by atoms with Crippen molar-refractivity contribution >= 4 is 27.5 Å². The SMILES string of the molecule is Fc1ccc(Oc2ncncc2Br)cc1Cl. The summed E-state index contributed by atoms with van der Waals surface area (Å²) in [5.41, 5.74) is 0. The summed E-state index contributed by atoms with van der Waals surface area (Å²) in [5.74, 6) is 0.263. The van der Waals surface area contributed by atoms with E-state index >= 15 is 0 Å². The number of ether oxygens (including phenoxy) is 1. The molecule has 82 valence electrons. The smallest absolute Gasteiger partial charge is 0.236 e. The number of nitrogens with zero attached hydrogens (tertiary/aromatic N) is 2. The zero-order valence-electron chi connectivity index (χ0n) is 7.82. The van der Waals surface area contributed by atoms with E-state index in [2.05, 4.69) is 25.9 Å². The van der Waals surface area contributed by atoms with E-state index in [9.17, 15) is 4.39 Å². The van der Waals surface area contributed by atoms with Crippen LogP contribution in [0.4, 0.5) is 4.39 Å². The van der Waals surface area contributed by atoms with Gasteiger partial charge in [0.1, 0.15) is 17.9 Å².